The van der Waals surface area contributed by atoms with Gasteiger partial charge in [0.1, 0.15) is 35.9 Å². The zero-order chi connectivity index (χ0) is 48.9. The van der Waals surface area contributed by atoms with Crippen LogP contribution in [0.5, 0.6) is 5.75 Å². The molecule has 15 atom stereocenters. The van der Waals surface area contributed by atoms with Gasteiger partial charge in [-0.05, 0) is 119 Å². The second-order valence-electron chi connectivity index (χ2n) is 19.9. The van der Waals surface area contributed by atoms with Crippen LogP contribution in [0.1, 0.15) is 106 Å². The molecule has 1 aromatic carbocycles. The van der Waals surface area contributed by atoms with Gasteiger partial charge in [-0.25, -0.2) is 4.79 Å². The lowest BCUT2D eigenvalue weighted by Crippen LogP contribution is -2.64. The minimum Gasteiger partial charge on any atom is -0.488 e. The number of hydrogen-bond donors (Lipinski definition) is 3. The fraction of sp³-hybridized carbons (Fsp3) is 0.692. The summed E-state index contributed by atoms with van der Waals surface area (Å²) in [5.41, 5.74) is 2.33. The van der Waals surface area contributed by atoms with Crippen LogP contribution in [0.15, 0.2) is 53.8 Å². The first-order chi connectivity index (χ1) is 31.8. The zero-order valence-electron chi connectivity index (χ0n) is 41.2. The molecule has 2 aromatic rings. The third-order valence-electron chi connectivity index (χ3n) is 15.3. The van der Waals surface area contributed by atoms with Gasteiger partial charge in [0, 0.05) is 76.2 Å². The predicted octanol–water partition coefficient (Wildman–Crippen LogP) is 6.02. The van der Waals surface area contributed by atoms with Gasteiger partial charge < -0.3 is 53.2 Å². The number of carbonyl (C=O) groups is 4. The summed E-state index contributed by atoms with van der Waals surface area (Å²) < 4.78 is 38.9. The summed E-state index contributed by atoms with van der Waals surface area (Å²) in [4.78, 5) is 58.5. The number of methoxy groups -OCH3 is 3. The van der Waals surface area contributed by atoms with Crippen LogP contribution in [0.25, 0.3) is 10.9 Å². The summed E-state index contributed by atoms with van der Waals surface area (Å²) in [6.07, 6.45) is 3.56. The Bertz CT molecular complexity index is 2120. The molecule has 2 saturated heterocycles. The highest BCUT2D eigenvalue weighted by atomic mass is 16.7. The highest BCUT2D eigenvalue weighted by Crippen LogP contribution is 2.40. The minimum atomic E-state index is -2.58. The number of allylic oxidation sites excluding steroid dienone is 2. The number of ether oxygens (including phenoxy) is 6. The van der Waals surface area contributed by atoms with Gasteiger partial charge in [0.2, 0.25) is 5.79 Å². The van der Waals surface area contributed by atoms with Gasteiger partial charge in [0.05, 0.1) is 30.5 Å². The quantitative estimate of drug-likeness (QED) is 0.158. The van der Waals surface area contributed by atoms with Gasteiger partial charge in [-0.3, -0.25) is 14.4 Å². The number of carbonyl (C=O) groups excluding carboxylic acids is 4. The SMILES string of the molecule is CC[C@H]1/C=C(\C)[C@H](O)[C@H](C)C[C@@H](OC)[C@H]2O[C@@](O)(C(=O)C(=O)N3CCCC[C@@H]3C(=O)O[C@@H](/C(C)=C/[C@@H]3CC[C@@H](Oc4ccc5c(ccn5C)c4)[C@H](OC)C3)[C@@H](C)[C@H](O)CC1=O)[C@H](C)C[C@H]2OC. The number of rotatable bonds is 8. The molecule has 0 spiro atoms. The number of benzene rings is 1. The van der Waals surface area contributed by atoms with Crippen LogP contribution in [0.4, 0.5) is 0 Å². The van der Waals surface area contributed by atoms with Crippen LogP contribution in [-0.4, -0.2) is 137 Å². The molecule has 372 valence electrons. The van der Waals surface area contributed by atoms with Gasteiger partial charge in [0.15, 0.2) is 0 Å². The molecule has 4 heterocycles. The number of nitrogens with zero attached hydrogens (tertiary/aromatic N) is 2. The summed E-state index contributed by atoms with van der Waals surface area (Å²) >= 11 is 0. The van der Waals surface area contributed by atoms with E-state index in [1.807, 2.05) is 58.3 Å². The molecular weight excluding hydrogens is 861 g/mol. The van der Waals surface area contributed by atoms with E-state index in [2.05, 4.69) is 10.6 Å². The van der Waals surface area contributed by atoms with Gasteiger partial charge >= 0.3 is 5.97 Å². The molecule has 3 fully saturated rings. The molecule has 1 aromatic heterocycles. The van der Waals surface area contributed by atoms with Crippen LogP contribution in [0.2, 0.25) is 0 Å². The van der Waals surface area contributed by atoms with Crippen molar-refractivity contribution < 1.29 is 62.9 Å². The van der Waals surface area contributed by atoms with Crippen molar-refractivity contribution in [2.45, 2.75) is 166 Å². The Kier molecular flexibility index (Phi) is 17.7. The third kappa shape index (κ3) is 11.6. The lowest BCUT2D eigenvalue weighted by Gasteiger charge is -2.47. The zero-order valence-corrected chi connectivity index (χ0v) is 41.2. The number of Topliss-reactive ketones (excluding diaryl/α,β-unsaturated/α-hetero) is 2. The van der Waals surface area contributed by atoms with E-state index in [1.54, 1.807) is 34.0 Å². The maximum atomic E-state index is 14.6. The van der Waals surface area contributed by atoms with E-state index in [0.717, 1.165) is 23.1 Å². The highest BCUT2D eigenvalue weighted by Gasteiger charge is 2.57. The lowest BCUT2D eigenvalue weighted by molar-refractivity contribution is -0.302. The number of aromatic nitrogens is 1. The van der Waals surface area contributed by atoms with Crippen molar-refractivity contribution in [3.05, 3.63) is 53.8 Å². The van der Waals surface area contributed by atoms with E-state index in [0.29, 0.717) is 43.3 Å². The van der Waals surface area contributed by atoms with Crippen molar-refractivity contribution >= 4 is 34.3 Å². The molecule has 67 heavy (non-hydrogen) atoms. The topological polar surface area (TPSA) is 193 Å². The maximum absolute atomic E-state index is 14.6. The van der Waals surface area contributed by atoms with Crippen LogP contribution < -0.4 is 4.74 Å². The van der Waals surface area contributed by atoms with Crippen molar-refractivity contribution in [2.75, 3.05) is 27.9 Å². The van der Waals surface area contributed by atoms with Crippen LogP contribution in [-0.2, 0) is 49.9 Å². The number of ketones is 2. The molecule has 1 saturated carbocycles. The van der Waals surface area contributed by atoms with Gasteiger partial charge in [-0.15, -0.1) is 0 Å². The van der Waals surface area contributed by atoms with Gasteiger partial charge in [0.25, 0.3) is 11.7 Å². The number of aliphatic hydroxyl groups is 3. The van der Waals surface area contributed by atoms with E-state index >= 15 is 0 Å². The van der Waals surface area contributed by atoms with E-state index in [4.69, 9.17) is 28.4 Å². The molecule has 3 N–H and O–H groups in total. The third-order valence-corrected chi connectivity index (χ3v) is 15.3. The average Bonchev–Trinajstić information content (AvgIpc) is 3.70. The Labute approximate surface area is 396 Å². The summed E-state index contributed by atoms with van der Waals surface area (Å²) in [5, 5.41) is 36.7. The second kappa shape index (κ2) is 22.6. The molecule has 2 bridgehead atoms. The molecule has 4 aliphatic rings. The Morgan fingerprint density at radius 3 is 2.30 bits per heavy atom. The maximum Gasteiger partial charge on any atom is 0.329 e. The van der Waals surface area contributed by atoms with Crippen LogP contribution in [0, 0.1) is 29.6 Å². The number of hydrogen-bond acceptors (Lipinski definition) is 13. The number of esters is 1. The highest BCUT2D eigenvalue weighted by molar-refractivity contribution is 6.39. The van der Waals surface area contributed by atoms with E-state index < -0.39 is 89.8 Å². The Morgan fingerprint density at radius 2 is 1.61 bits per heavy atom. The Morgan fingerprint density at radius 1 is 0.910 bits per heavy atom. The smallest absolute Gasteiger partial charge is 0.329 e. The van der Waals surface area contributed by atoms with Gasteiger partial charge in [-0.1, -0.05) is 39.8 Å². The van der Waals surface area contributed by atoms with Crippen molar-refractivity contribution in [3.8, 4) is 5.75 Å². The molecule has 1 amide bonds. The summed E-state index contributed by atoms with van der Waals surface area (Å²) in [6.45, 7) is 10.7. The standard InChI is InChI=1S/C52H76N2O13/c1-11-35-23-29(2)46(57)30(3)24-44(63-9)48-45(64-10)25-32(5)52(61,67-48)49(58)50(59)54-20-13-12-14-39(54)51(60)66-47(33(6)40(55)28-41(35)56)31(4)22-34-15-18-42(43(26-34)62-8)65-37-16-17-38-36(27-37)19-21-53(38)7/h16-17,19,21-23,27,30,32-35,39-40,42-48,55,57,61H,11-15,18,20,24-26,28H2,1-10H3/b29-23+,31-22+/t30-,32-,33+,34+,35+,39-,40-,42-,43-,44-,45-,46+,47+,48-,52-/m1/s1. The number of fused-ring (bicyclic) bond motifs is 4. The first kappa shape index (κ1) is 52.4. The number of cyclic esters (lactones) is 1. The number of amides is 1. The first-order valence-electron chi connectivity index (χ1n) is 24.4. The summed E-state index contributed by atoms with van der Waals surface area (Å²) in [5.74, 6) is -7.81. The van der Waals surface area contributed by atoms with Crippen molar-refractivity contribution in [2.24, 2.45) is 36.6 Å². The molecule has 0 unspecified atom stereocenters. The van der Waals surface area contributed by atoms with Crippen LogP contribution >= 0.6 is 0 Å². The molecule has 15 nitrogen and oxygen atoms in total. The molecule has 15 heteroatoms. The summed E-state index contributed by atoms with van der Waals surface area (Å²) in [7, 11) is 6.63. The molecule has 0 radical (unpaired) electrons. The Balaban J connectivity index is 1.31. The van der Waals surface area contributed by atoms with Gasteiger partial charge in [-0.2, -0.15) is 0 Å². The van der Waals surface area contributed by atoms with Crippen molar-refractivity contribution in [3.63, 3.8) is 0 Å². The monoisotopic (exact) mass is 937 g/mol. The fourth-order valence-electron chi connectivity index (χ4n) is 10.9. The van der Waals surface area contributed by atoms with E-state index in [9.17, 15) is 34.5 Å². The second-order valence-corrected chi connectivity index (χ2v) is 19.9. The number of piperidine rings is 1. The summed E-state index contributed by atoms with van der Waals surface area (Å²) in [6, 6.07) is 6.92. The van der Waals surface area contributed by atoms with Crippen molar-refractivity contribution in [1.82, 2.24) is 9.47 Å². The number of aliphatic hydroxyl groups excluding tert-OH is 2. The Hall–Kier alpha value is -3.96. The number of aryl methyl sites for hydroxylation is 1. The largest absolute Gasteiger partial charge is 0.488 e. The molecule has 6 rings (SSSR count). The predicted molar refractivity (Wildman–Crippen MR) is 251 cm³/mol. The average molecular weight is 937 g/mol. The fourth-order valence-corrected chi connectivity index (χ4v) is 10.9. The molecule has 1 aliphatic carbocycles. The van der Waals surface area contributed by atoms with E-state index in [1.165, 1.54) is 19.1 Å². The minimum absolute atomic E-state index is 0.00883. The molecular formula is C52H76N2O13. The molecule has 3 aliphatic heterocycles. The first-order valence-corrected chi connectivity index (χ1v) is 24.4. The van der Waals surface area contributed by atoms with E-state index in [-0.39, 0.29) is 56.1 Å². The normalized spacial score (nSPS) is 37.8. The van der Waals surface area contributed by atoms with Crippen molar-refractivity contribution in [1.29, 1.82) is 0 Å². The van der Waals surface area contributed by atoms with Crippen LogP contribution in [0.3, 0.4) is 0 Å². The lowest BCUT2D eigenvalue weighted by atomic mass is 9.81.